The molecule has 0 saturated heterocycles. The summed E-state index contributed by atoms with van der Waals surface area (Å²) in [4.78, 5) is 6.84. The molecule has 0 aliphatic carbocycles. The molecule has 0 unspecified atom stereocenters. The molecule has 0 bridgehead atoms. The average molecular weight is 368 g/mol. The molecule has 0 atom stereocenters. The minimum absolute atomic E-state index is 0.236. The van der Waals surface area contributed by atoms with Crippen molar-refractivity contribution in [1.29, 1.82) is 0 Å². The molecule has 1 aromatic heterocycles. The van der Waals surface area contributed by atoms with E-state index in [-0.39, 0.29) is 5.41 Å². The average Bonchev–Trinajstić information content (AvgIpc) is 2.93. The minimum Gasteiger partial charge on any atom is -0.486 e. The second kappa shape index (κ2) is 8.81. The first kappa shape index (κ1) is 19.2. The quantitative estimate of drug-likeness (QED) is 0.725. The lowest BCUT2D eigenvalue weighted by atomic mass is 9.93. The van der Waals surface area contributed by atoms with Gasteiger partial charge in [0.1, 0.15) is 17.4 Å². The van der Waals surface area contributed by atoms with Gasteiger partial charge in [-0.05, 0) is 43.8 Å². The first-order valence-corrected chi connectivity index (χ1v) is 9.27. The number of halogens is 1. The van der Waals surface area contributed by atoms with E-state index in [9.17, 15) is 0 Å². The Labute approximate surface area is 153 Å². The van der Waals surface area contributed by atoms with Gasteiger partial charge >= 0.3 is 0 Å². The molecule has 0 fully saturated rings. The Hall–Kier alpha value is -1.14. The molecule has 24 heavy (non-hydrogen) atoms. The van der Waals surface area contributed by atoms with Crippen molar-refractivity contribution >= 4 is 22.9 Å². The smallest absolute Gasteiger partial charge is 0.140 e. The molecule has 0 saturated carbocycles. The van der Waals surface area contributed by atoms with Crippen LogP contribution in [0.3, 0.4) is 0 Å². The topological polar surface area (TPSA) is 37.4 Å². The Morgan fingerprint density at radius 3 is 2.62 bits per heavy atom. The van der Waals surface area contributed by atoms with E-state index >= 15 is 0 Å². The number of rotatable bonds is 9. The summed E-state index contributed by atoms with van der Waals surface area (Å²) in [5.74, 6) is 0.805. The lowest BCUT2D eigenvalue weighted by Gasteiger charge is -2.28. The van der Waals surface area contributed by atoms with Crippen LogP contribution < -0.4 is 10.1 Å². The summed E-state index contributed by atoms with van der Waals surface area (Å²) < 4.78 is 5.73. The molecule has 2 rings (SSSR count). The SMILES string of the molecule is CN(C)CC(C)(C)CNCc1csc(COc2ccc(Cl)cc2)n1. The first-order valence-electron chi connectivity index (χ1n) is 8.01. The van der Waals surface area contributed by atoms with Gasteiger partial charge in [-0.1, -0.05) is 25.4 Å². The lowest BCUT2D eigenvalue weighted by molar-refractivity contribution is 0.232. The van der Waals surface area contributed by atoms with E-state index in [2.05, 4.69) is 48.5 Å². The summed E-state index contributed by atoms with van der Waals surface area (Å²) >= 11 is 7.50. The third kappa shape index (κ3) is 6.77. The highest BCUT2D eigenvalue weighted by molar-refractivity contribution is 7.09. The van der Waals surface area contributed by atoms with Crippen LogP contribution in [0.15, 0.2) is 29.6 Å². The van der Waals surface area contributed by atoms with Crippen LogP contribution in [0.4, 0.5) is 0 Å². The minimum atomic E-state index is 0.236. The third-order valence-corrected chi connectivity index (χ3v) is 4.55. The Balaban J connectivity index is 1.75. The summed E-state index contributed by atoms with van der Waals surface area (Å²) in [6, 6.07) is 7.38. The van der Waals surface area contributed by atoms with Crippen molar-refractivity contribution in [3.63, 3.8) is 0 Å². The van der Waals surface area contributed by atoms with Crippen LogP contribution in [0.5, 0.6) is 5.75 Å². The normalized spacial score (nSPS) is 11.9. The van der Waals surface area contributed by atoms with Crippen LogP contribution in [0, 0.1) is 5.41 Å². The molecule has 1 aromatic carbocycles. The fraction of sp³-hybridized carbons (Fsp3) is 0.500. The van der Waals surface area contributed by atoms with E-state index in [4.69, 9.17) is 16.3 Å². The molecule has 132 valence electrons. The highest BCUT2D eigenvalue weighted by Crippen LogP contribution is 2.19. The second-order valence-electron chi connectivity index (χ2n) is 6.98. The molecular formula is C18H26ClN3OS. The lowest BCUT2D eigenvalue weighted by Crippen LogP contribution is -2.37. The second-order valence-corrected chi connectivity index (χ2v) is 8.36. The molecule has 0 radical (unpaired) electrons. The van der Waals surface area contributed by atoms with Crippen molar-refractivity contribution in [1.82, 2.24) is 15.2 Å². The molecule has 1 N–H and O–H groups in total. The number of hydrogen-bond donors (Lipinski definition) is 1. The van der Waals surface area contributed by atoms with Crippen molar-refractivity contribution in [3.05, 3.63) is 45.4 Å². The van der Waals surface area contributed by atoms with Crippen LogP contribution in [0.1, 0.15) is 24.5 Å². The molecule has 0 amide bonds. The van der Waals surface area contributed by atoms with E-state index in [1.54, 1.807) is 11.3 Å². The van der Waals surface area contributed by atoms with E-state index < -0.39 is 0 Å². The van der Waals surface area contributed by atoms with E-state index in [0.29, 0.717) is 11.6 Å². The molecule has 1 heterocycles. The number of ether oxygens (including phenoxy) is 1. The van der Waals surface area contributed by atoms with Gasteiger partial charge in [0.15, 0.2) is 0 Å². The fourth-order valence-electron chi connectivity index (χ4n) is 2.61. The number of nitrogens with zero attached hydrogens (tertiary/aromatic N) is 2. The maximum absolute atomic E-state index is 5.86. The Morgan fingerprint density at radius 1 is 1.25 bits per heavy atom. The van der Waals surface area contributed by atoms with Gasteiger partial charge in [-0.25, -0.2) is 4.98 Å². The van der Waals surface area contributed by atoms with Crippen LogP contribution in [0.25, 0.3) is 0 Å². The summed E-state index contributed by atoms with van der Waals surface area (Å²) in [6.07, 6.45) is 0. The number of thiazole rings is 1. The zero-order valence-electron chi connectivity index (χ0n) is 14.8. The van der Waals surface area contributed by atoms with E-state index in [1.807, 2.05) is 24.3 Å². The molecule has 0 aliphatic rings. The summed E-state index contributed by atoms with van der Waals surface area (Å²) in [5.41, 5.74) is 1.30. The molecule has 2 aromatic rings. The number of nitrogens with one attached hydrogen (secondary N) is 1. The number of hydrogen-bond acceptors (Lipinski definition) is 5. The van der Waals surface area contributed by atoms with Gasteiger partial charge in [-0.3, -0.25) is 0 Å². The van der Waals surface area contributed by atoms with Crippen molar-refractivity contribution in [3.8, 4) is 5.75 Å². The zero-order chi connectivity index (χ0) is 17.6. The van der Waals surface area contributed by atoms with Crippen LogP contribution in [0.2, 0.25) is 5.02 Å². The summed E-state index contributed by atoms with van der Waals surface area (Å²) in [5, 5.41) is 7.28. The Morgan fingerprint density at radius 2 is 1.96 bits per heavy atom. The van der Waals surface area contributed by atoms with Crippen molar-refractivity contribution < 1.29 is 4.74 Å². The first-order chi connectivity index (χ1) is 11.3. The van der Waals surface area contributed by atoms with Gasteiger partial charge in [0.25, 0.3) is 0 Å². The maximum atomic E-state index is 5.86. The van der Waals surface area contributed by atoms with Gasteiger partial charge < -0.3 is 15.0 Å². The zero-order valence-corrected chi connectivity index (χ0v) is 16.4. The predicted molar refractivity (Wildman–Crippen MR) is 102 cm³/mol. The monoisotopic (exact) mass is 367 g/mol. The molecule has 0 aliphatic heterocycles. The van der Waals surface area contributed by atoms with Crippen LogP contribution in [-0.4, -0.2) is 37.1 Å². The standard InChI is InChI=1S/C18H26ClN3OS/c1-18(2,13-22(3)4)12-20-9-15-11-24-17(21-15)10-23-16-7-5-14(19)6-8-16/h5-8,11,20H,9-10,12-13H2,1-4H3. The predicted octanol–water partition coefficient (Wildman–Crippen LogP) is 4.05. The Kier molecular flexibility index (Phi) is 7.04. The maximum Gasteiger partial charge on any atom is 0.140 e. The van der Waals surface area contributed by atoms with Crippen molar-refractivity contribution in [2.75, 3.05) is 27.2 Å². The molecule has 6 heteroatoms. The summed E-state index contributed by atoms with van der Waals surface area (Å²) in [7, 11) is 4.21. The number of aromatic nitrogens is 1. The largest absolute Gasteiger partial charge is 0.486 e. The van der Waals surface area contributed by atoms with Gasteiger partial charge in [-0.2, -0.15) is 0 Å². The van der Waals surface area contributed by atoms with Gasteiger partial charge in [0, 0.05) is 30.0 Å². The molecule has 0 spiro atoms. The van der Waals surface area contributed by atoms with Gasteiger partial charge in [0.05, 0.1) is 5.69 Å². The Bertz CT molecular complexity index is 625. The summed E-state index contributed by atoms with van der Waals surface area (Å²) in [6.45, 7) is 7.82. The molecular weight excluding hydrogens is 342 g/mol. The van der Waals surface area contributed by atoms with Gasteiger partial charge in [-0.15, -0.1) is 11.3 Å². The third-order valence-electron chi connectivity index (χ3n) is 3.43. The highest BCUT2D eigenvalue weighted by atomic mass is 35.5. The fourth-order valence-corrected chi connectivity index (χ4v) is 3.44. The van der Waals surface area contributed by atoms with Crippen LogP contribution in [-0.2, 0) is 13.2 Å². The van der Waals surface area contributed by atoms with Crippen molar-refractivity contribution in [2.24, 2.45) is 5.41 Å². The number of benzene rings is 1. The van der Waals surface area contributed by atoms with Crippen molar-refractivity contribution in [2.45, 2.75) is 27.0 Å². The van der Waals surface area contributed by atoms with Gasteiger partial charge in [0.2, 0.25) is 0 Å². The molecule has 4 nitrogen and oxygen atoms in total. The highest BCUT2D eigenvalue weighted by Gasteiger charge is 2.18. The van der Waals surface area contributed by atoms with Crippen LogP contribution >= 0.6 is 22.9 Å². The van der Waals surface area contributed by atoms with E-state index in [1.165, 1.54) is 0 Å². The van der Waals surface area contributed by atoms with E-state index in [0.717, 1.165) is 36.1 Å².